The van der Waals surface area contributed by atoms with Crippen molar-refractivity contribution in [2.45, 2.75) is 65.3 Å². The monoisotopic (exact) mass is 276 g/mol. The third-order valence-electron chi connectivity index (χ3n) is 4.12. The first-order valence-electron chi connectivity index (χ1n) is 8.10. The van der Waals surface area contributed by atoms with E-state index in [2.05, 4.69) is 35.1 Å². The van der Waals surface area contributed by atoms with Gasteiger partial charge < -0.3 is 10.2 Å². The van der Waals surface area contributed by atoms with Gasteiger partial charge in [0.2, 0.25) is 5.95 Å². The molecule has 112 valence electrons. The van der Waals surface area contributed by atoms with Crippen molar-refractivity contribution in [3.8, 4) is 0 Å². The topological polar surface area (TPSA) is 41.1 Å². The second-order valence-corrected chi connectivity index (χ2v) is 5.70. The van der Waals surface area contributed by atoms with Crippen molar-refractivity contribution in [2.75, 3.05) is 23.3 Å². The zero-order chi connectivity index (χ0) is 14.4. The van der Waals surface area contributed by atoms with Crippen LogP contribution < -0.4 is 10.2 Å². The molecule has 4 nitrogen and oxygen atoms in total. The summed E-state index contributed by atoms with van der Waals surface area (Å²) in [6.07, 6.45) is 7.89. The molecule has 0 aromatic carbocycles. The molecule has 0 unspecified atom stereocenters. The molecule has 0 atom stereocenters. The van der Waals surface area contributed by atoms with Crippen molar-refractivity contribution in [1.82, 2.24) is 9.97 Å². The maximum Gasteiger partial charge on any atom is 0.225 e. The minimum Gasteiger partial charge on any atom is -0.357 e. The van der Waals surface area contributed by atoms with E-state index in [9.17, 15) is 0 Å². The lowest BCUT2D eigenvalue weighted by Crippen LogP contribution is -2.25. The van der Waals surface area contributed by atoms with Gasteiger partial charge in [-0.05, 0) is 33.6 Å². The van der Waals surface area contributed by atoms with Gasteiger partial charge in [0, 0.05) is 30.9 Å². The Kier molecular flexibility index (Phi) is 5.62. The van der Waals surface area contributed by atoms with Gasteiger partial charge >= 0.3 is 0 Å². The molecule has 1 heterocycles. The van der Waals surface area contributed by atoms with Gasteiger partial charge in [-0.3, -0.25) is 0 Å². The van der Waals surface area contributed by atoms with E-state index in [4.69, 9.17) is 4.98 Å². The van der Waals surface area contributed by atoms with Crippen LogP contribution in [0, 0.1) is 6.92 Å². The van der Waals surface area contributed by atoms with Crippen LogP contribution in [0.2, 0.25) is 0 Å². The Morgan fingerprint density at radius 1 is 1.10 bits per heavy atom. The molecule has 20 heavy (non-hydrogen) atoms. The van der Waals surface area contributed by atoms with E-state index in [1.165, 1.54) is 38.5 Å². The minimum absolute atomic E-state index is 0.545. The molecule has 0 saturated heterocycles. The van der Waals surface area contributed by atoms with Crippen LogP contribution in [0.3, 0.4) is 0 Å². The van der Waals surface area contributed by atoms with E-state index in [0.717, 1.165) is 30.5 Å². The van der Waals surface area contributed by atoms with E-state index in [1.54, 1.807) is 0 Å². The predicted octanol–water partition coefficient (Wildman–Crippen LogP) is 3.77. The van der Waals surface area contributed by atoms with Crippen LogP contribution in [-0.2, 0) is 0 Å². The van der Waals surface area contributed by atoms with E-state index in [1.807, 2.05) is 6.92 Å². The predicted molar refractivity (Wildman–Crippen MR) is 85.4 cm³/mol. The maximum atomic E-state index is 4.70. The van der Waals surface area contributed by atoms with E-state index >= 15 is 0 Å². The molecule has 0 aliphatic heterocycles. The smallest absolute Gasteiger partial charge is 0.225 e. The van der Waals surface area contributed by atoms with Crippen molar-refractivity contribution in [3.05, 3.63) is 11.8 Å². The Labute approximate surface area is 123 Å². The summed E-state index contributed by atoms with van der Waals surface area (Å²) in [4.78, 5) is 11.5. The van der Waals surface area contributed by atoms with Crippen LogP contribution in [-0.4, -0.2) is 29.1 Å². The molecule has 1 saturated carbocycles. The maximum absolute atomic E-state index is 4.70. The lowest BCUT2D eigenvalue weighted by atomic mass is 10.1. The van der Waals surface area contributed by atoms with E-state index < -0.39 is 0 Å². The van der Waals surface area contributed by atoms with Gasteiger partial charge in [0.15, 0.2) is 0 Å². The summed E-state index contributed by atoms with van der Waals surface area (Å²) in [7, 11) is 0. The summed E-state index contributed by atoms with van der Waals surface area (Å²) < 4.78 is 0. The number of rotatable bonds is 5. The second-order valence-electron chi connectivity index (χ2n) is 5.70. The number of nitrogens with one attached hydrogen (secondary N) is 1. The van der Waals surface area contributed by atoms with Gasteiger partial charge in [0.05, 0.1) is 0 Å². The highest BCUT2D eigenvalue weighted by atomic mass is 15.2. The van der Waals surface area contributed by atoms with E-state index in [0.29, 0.717) is 6.04 Å². The highest BCUT2D eigenvalue weighted by molar-refractivity contribution is 5.44. The number of hydrogen-bond acceptors (Lipinski definition) is 4. The van der Waals surface area contributed by atoms with Gasteiger partial charge in [0.1, 0.15) is 5.82 Å². The average Bonchev–Trinajstić information content (AvgIpc) is 2.68. The largest absolute Gasteiger partial charge is 0.357 e. The highest BCUT2D eigenvalue weighted by Crippen LogP contribution is 2.21. The molecule has 1 aromatic heterocycles. The molecule has 1 aliphatic rings. The first-order chi connectivity index (χ1) is 9.72. The minimum atomic E-state index is 0.545. The molecular formula is C16H28N4. The Morgan fingerprint density at radius 2 is 1.75 bits per heavy atom. The van der Waals surface area contributed by atoms with Crippen molar-refractivity contribution in [2.24, 2.45) is 0 Å². The molecule has 2 rings (SSSR count). The van der Waals surface area contributed by atoms with Crippen LogP contribution in [0.15, 0.2) is 6.07 Å². The van der Waals surface area contributed by atoms with E-state index in [-0.39, 0.29) is 0 Å². The number of nitrogens with zero attached hydrogens (tertiary/aromatic N) is 3. The third kappa shape index (κ3) is 4.09. The fourth-order valence-electron chi connectivity index (χ4n) is 2.93. The molecular weight excluding hydrogens is 248 g/mol. The second kappa shape index (κ2) is 7.46. The highest BCUT2D eigenvalue weighted by Gasteiger charge is 2.14. The summed E-state index contributed by atoms with van der Waals surface area (Å²) in [6.45, 7) is 8.34. The number of hydrogen-bond donors (Lipinski definition) is 1. The Morgan fingerprint density at radius 3 is 2.35 bits per heavy atom. The SMILES string of the molecule is CCN(CC)c1cc(C)nc(NC2CCCCCC2)n1. The molecule has 0 radical (unpaired) electrons. The van der Waals surface area contributed by atoms with Crippen molar-refractivity contribution in [1.29, 1.82) is 0 Å². The number of aromatic nitrogens is 2. The summed E-state index contributed by atoms with van der Waals surface area (Å²) in [5.74, 6) is 1.84. The molecule has 1 aliphatic carbocycles. The van der Waals surface area contributed by atoms with Crippen molar-refractivity contribution >= 4 is 11.8 Å². The molecule has 0 bridgehead atoms. The van der Waals surface area contributed by atoms with Crippen LogP contribution in [0.4, 0.5) is 11.8 Å². The van der Waals surface area contributed by atoms with Gasteiger partial charge in [-0.2, -0.15) is 4.98 Å². The van der Waals surface area contributed by atoms with Crippen LogP contribution in [0.1, 0.15) is 58.1 Å². The summed E-state index contributed by atoms with van der Waals surface area (Å²) >= 11 is 0. The summed E-state index contributed by atoms with van der Waals surface area (Å²) in [5, 5.41) is 3.56. The zero-order valence-corrected chi connectivity index (χ0v) is 13.2. The van der Waals surface area contributed by atoms with Crippen molar-refractivity contribution in [3.63, 3.8) is 0 Å². The van der Waals surface area contributed by atoms with Crippen LogP contribution >= 0.6 is 0 Å². The normalized spacial score (nSPS) is 16.8. The Balaban J connectivity index is 2.10. The van der Waals surface area contributed by atoms with Gasteiger partial charge in [-0.15, -0.1) is 0 Å². The number of aryl methyl sites for hydroxylation is 1. The standard InChI is InChI=1S/C16H28N4/c1-4-20(5-2)15-12-13(3)17-16(19-15)18-14-10-8-6-7-9-11-14/h12,14H,4-11H2,1-3H3,(H,17,18,19). The molecule has 1 aromatic rings. The molecule has 0 spiro atoms. The Bertz CT molecular complexity index is 407. The summed E-state index contributed by atoms with van der Waals surface area (Å²) in [6, 6.07) is 2.62. The first kappa shape index (κ1) is 15.1. The lowest BCUT2D eigenvalue weighted by molar-refractivity contribution is 0.614. The van der Waals surface area contributed by atoms with Gasteiger partial charge in [-0.25, -0.2) is 4.98 Å². The molecule has 1 fully saturated rings. The fraction of sp³-hybridized carbons (Fsp3) is 0.750. The van der Waals surface area contributed by atoms with Crippen molar-refractivity contribution < 1.29 is 0 Å². The fourth-order valence-corrected chi connectivity index (χ4v) is 2.93. The number of anilines is 2. The zero-order valence-electron chi connectivity index (χ0n) is 13.2. The van der Waals surface area contributed by atoms with Gasteiger partial charge in [0.25, 0.3) is 0 Å². The third-order valence-corrected chi connectivity index (χ3v) is 4.12. The molecule has 4 heteroatoms. The molecule has 1 N–H and O–H groups in total. The summed E-state index contributed by atoms with van der Waals surface area (Å²) in [5.41, 5.74) is 1.04. The quantitative estimate of drug-likeness (QED) is 0.831. The van der Waals surface area contributed by atoms with Crippen LogP contribution in [0.25, 0.3) is 0 Å². The van der Waals surface area contributed by atoms with Crippen LogP contribution in [0.5, 0.6) is 0 Å². The molecule has 0 amide bonds. The van der Waals surface area contributed by atoms with Gasteiger partial charge in [-0.1, -0.05) is 25.7 Å². The Hall–Kier alpha value is -1.32. The lowest BCUT2D eigenvalue weighted by Gasteiger charge is -2.22. The first-order valence-corrected chi connectivity index (χ1v) is 8.10. The average molecular weight is 276 g/mol.